The summed E-state index contributed by atoms with van der Waals surface area (Å²) in [6.45, 7) is 8.68. The van der Waals surface area contributed by atoms with Crippen LogP contribution in [0.1, 0.15) is 44.6 Å². The van der Waals surface area contributed by atoms with Gasteiger partial charge in [0.05, 0.1) is 12.1 Å². The summed E-state index contributed by atoms with van der Waals surface area (Å²) in [5.74, 6) is 0.352. The minimum atomic E-state index is -0.672. The van der Waals surface area contributed by atoms with Gasteiger partial charge in [0, 0.05) is 13.0 Å². The van der Waals surface area contributed by atoms with E-state index >= 15 is 0 Å². The van der Waals surface area contributed by atoms with Crippen molar-refractivity contribution in [2.45, 2.75) is 70.9 Å². The number of hydrogen-bond acceptors (Lipinski definition) is 10. The van der Waals surface area contributed by atoms with Gasteiger partial charge in [0.2, 0.25) is 5.88 Å². The Balaban J connectivity index is 0.000000868. The highest BCUT2D eigenvalue weighted by Gasteiger charge is 2.56. The summed E-state index contributed by atoms with van der Waals surface area (Å²) in [5.41, 5.74) is 2.22. The smallest absolute Gasteiger partial charge is 0.373 e. The maximum absolute atomic E-state index is 8.12. The molecule has 4 atom stereocenters. The number of hydrogen-bond donors (Lipinski definition) is 0. The SMILES string of the molecule is CCO[C@H]1C[C@@H](n2nnc3c(OCc4ccccc4)nc(C)nc32)[C@@H]2OC(C)(C)O[C@@H]21.O=C=O. The normalized spacial score (nSPS) is 24.8. The summed E-state index contributed by atoms with van der Waals surface area (Å²) in [7, 11) is 0. The lowest BCUT2D eigenvalue weighted by atomic mass is 10.2. The molecule has 0 N–H and O–H groups in total. The standard InChI is InChI=1S/C22H27N5O4.CO2/c1-5-28-16-11-15(18-19(16)31-22(3,4)30-18)27-20-17(25-26-27)21(24-13(2)23-20)29-12-14-9-7-6-8-10-14;2-1-3/h6-10,15-16,18-19H,5,11-12H2,1-4H3;/t15-,16+,18+,19-;/m1./s1. The molecule has 1 aromatic carbocycles. The zero-order valence-corrected chi connectivity index (χ0v) is 19.5. The van der Waals surface area contributed by atoms with Gasteiger partial charge in [-0.25, -0.2) is 9.67 Å². The summed E-state index contributed by atoms with van der Waals surface area (Å²) in [6.07, 6.45) is 0.537. The van der Waals surface area contributed by atoms with Crippen LogP contribution in [0.3, 0.4) is 0 Å². The molecule has 3 heterocycles. The number of benzene rings is 1. The van der Waals surface area contributed by atoms with Crippen molar-refractivity contribution < 1.29 is 28.5 Å². The van der Waals surface area contributed by atoms with Crippen molar-refractivity contribution in [3.8, 4) is 5.88 Å². The number of aromatic nitrogens is 5. The Kier molecular flexibility index (Phi) is 6.99. The fraction of sp³-hybridized carbons (Fsp3) is 0.522. The minimum absolute atomic E-state index is 0.0715. The topological polar surface area (TPSA) is 128 Å². The molecule has 0 unspecified atom stereocenters. The van der Waals surface area contributed by atoms with E-state index in [1.54, 1.807) is 0 Å². The second-order valence-electron chi connectivity index (χ2n) is 8.50. The number of fused-ring (bicyclic) bond motifs is 2. The highest BCUT2D eigenvalue weighted by atomic mass is 16.8. The second-order valence-corrected chi connectivity index (χ2v) is 8.50. The third-order valence-electron chi connectivity index (χ3n) is 5.70. The monoisotopic (exact) mass is 469 g/mol. The largest absolute Gasteiger partial charge is 0.471 e. The van der Waals surface area contributed by atoms with Crippen LogP contribution in [-0.2, 0) is 30.4 Å². The van der Waals surface area contributed by atoms with Crippen LogP contribution >= 0.6 is 0 Å². The molecule has 1 aliphatic heterocycles. The summed E-state index contributed by atoms with van der Waals surface area (Å²) in [6, 6.07) is 9.84. The molecule has 0 radical (unpaired) electrons. The van der Waals surface area contributed by atoms with Crippen molar-refractivity contribution in [3.63, 3.8) is 0 Å². The molecule has 5 rings (SSSR count). The van der Waals surface area contributed by atoms with Gasteiger partial charge in [0.25, 0.3) is 0 Å². The lowest BCUT2D eigenvalue weighted by Crippen LogP contribution is -2.31. The molecule has 2 aliphatic rings. The molecule has 11 heteroatoms. The number of aryl methyl sites for hydroxylation is 1. The van der Waals surface area contributed by atoms with Crippen molar-refractivity contribution in [2.24, 2.45) is 0 Å². The minimum Gasteiger partial charge on any atom is -0.471 e. The fourth-order valence-electron chi connectivity index (χ4n) is 4.48. The number of nitrogens with zero attached hydrogens (tertiary/aromatic N) is 5. The zero-order valence-electron chi connectivity index (χ0n) is 19.5. The van der Waals surface area contributed by atoms with Gasteiger partial charge in [-0.2, -0.15) is 14.6 Å². The van der Waals surface area contributed by atoms with Crippen LogP contribution in [0.5, 0.6) is 5.88 Å². The molecular formula is C23H27N5O6. The van der Waals surface area contributed by atoms with Crippen LogP contribution in [0.15, 0.2) is 30.3 Å². The Morgan fingerprint density at radius 3 is 2.56 bits per heavy atom. The van der Waals surface area contributed by atoms with Gasteiger partial charge >= 0.3 is 6.15 Å². The van der Waals surface area contributed by atoms with Crippen LogP contribution in [0, 0.1) is 6.92 Å². The predicted molar refractivity (Wildman–Crippen MR) is 117 cm³/mol. The van der Waals surface area contributed by atoms with Gasteiger partial charge in [0.1, 0.15) is 24.6 Å². The zero-order chi connectivity index (χ0) is 24.3. The molecule has 0 amide bonds. The number of carbonyl (C=O) groups excluding carboxylic acids is 2. The first-order valence-corrected chi connectivity index (χ1v) is 11.1. The van der Waals surface area contributed by atoms with E-state index in [-0.39, 0.29) is 30.5 Å². The average Bonchev–Trinajstić information content (AvgIpc) is 3.45. The van der Waals surface area contributed by atoms with Crippen molar-refractivity contribution in [3.05, 3.63) is 41.7 Å². The summed E-state index contributed by atoms with van der Waals surface area (Å²) >= 11 is 0. The van der Waals surface area contributed by atoms with Crippen LogP contribution in [0.25, 0.3) is 11.2 Å². The Hall–Kier alpha value is -3.24. The van der Waals surface area contributed by atoms with Crippen molar-refractivity contribution in [1.82, 2.24) is 25.0 Å². The lowest BCUT2D eigenvalue weighted by molar-refractivity contribution is -0.191. The molecule has 11 nitrogen and oxygen atoms in total. The van der Waals surface area contributed by atoms with Gasteiger partial charge in [-0.1, -0.05) is 35.5 Å². The maximum Gasteiger partial charge on any atom is 0.373 e. The van der Waals surface area contributed by atoms with Crippen molar-refractivity contribution in [1.29, 1.82) is 0 Å². The third kappa shape index (κ3) is 4.83. The Labute approximate surface area is 196 Å². The summed E-state index contributed by atoms with van der Waals surface area (Å²) < 4.78 is 26.2. The quantitative estimate of drug-likeness (QED) is 0.531. The first-order chi connectivity index (χ1) is 16.4. The Morgan fingerprint density at radius 2 is 1.85 bits per heavy atom. The van der Waals surface area contributed by atoms with E-state index in [1.165, 1.54) is 0 Å². The van der Waals surface area contributed by atoms with E-state index in [0.29, 0.717) is 42.5 Å². The van der Waals surface area contributed by atoms with Crippen molar-refractivity contribution in [2.75, 3.05) is 6.61 Å². The molecule has 2 fully saturated rings. The highest BCUT2D eigenvalue weighted by Crippen LogP contribution is 2.45. The molecule has 34 heavy (non-hydrogen) atoms. The van der Waals surface area contributed by atoms with E-state index in [0.717, 1.165) is 5.56 Å². The van der Waals surface area contributed by atoms with Crippen molar-refractivity contribution >= 4 is 17.3 Å². The molecular weight excluding hydrogens is 442 g/mol. The molecule has 1 saturated carbocycles. The van der Waals surface area contributed by atoms with E-state index in [1.807, 2.05) is 62.7 Å². The fourth-order valence-corrected chi connectivity index (χ4v) is 4.48. The maximum atomic E-state index is 8.12. The van der Waals surface area contributed by atoms with Crippen LogP contribution in [0.4, 0.5) is 0 Å². The molecule has 2 aromatic heterocycles. The molecule has 3 aromatic rings. The van der Waals surface area contributed by atoms with E-state index in [4.69, 9.17) is 28.5 Å². The molecule has 1 aliphatic carbocycles. The van der Waals surface area contributed by atoms with E-state index in [2.05, 4.69) is 20.3 Å². The Morgan fingerprint density at radius 1 is 1.15 bits per heavy atom. The van der Waals surface area contributed by atoms with Gasteiger partial charge < -0.3 is 18.9 Å². The van der Waals surface area contributed by atoms with Gasteiger partial charge in [0.15, 0.2) is 17.0 Å². The van der Waals surface area contributed by atoms with Gasteiger partial charge in [-0.3, -0.25) is 0 Å². The van der Waals surface area contributed by atoms with Gasteiger partial charge in [-0.15, -0.1) is 5.10 Å². The highest BCUT2D eigenvalue weighted by molar-refractivity contribution is 5.75. The second kappa shape index (κ2) is 9.94. The van der Waals surface area contributed by atoms with Crippen LogP contribution < -0.4 is 4.74 Å². The van der Waals surface area contributed by atoms with Crippen LogP contribution in [-0.4, -0.2) is 61.8 Å². The average molecular weight is 469 g/mol. The number of ether oxygens (including phenoxy) is 4. The van der Waals surface area contributed by atoms with Crippen LogP contribution in [0.2, 0.25) is 0 Å². The Bertz CT molecular complexity index is 1160. The lowest BCUT2D eigenvalue weighted by Gasteiger charge is -2.23. The number of rotatable bonds is 6. The van der Waals surface area contributed by atoms with E-state index in [9.17, 15) is 0 Å². The third-order valence-corrected chi connectivity index (χ3v) is 5.70. The van der Waals surface area contributed by atoms with E-state index < -0.39 is 5.79 Å². The predicted octanol–water partition coefficient (Wildman–Crippen LogP) is 2.40. The molecule has 1 saturated heterocycles. The summed E-state index contributed by atoms with van der Waals surface area (Å²) in [5, 5.41) is 8.79. The molecule has 0 bridgehead atoms. The molecule has 180 valence electrons. The first kappa shape index (κ1) is 23.9. The molecule has 0 spiro atoms. The summed E-state index contributed by atoms with van der Waals surface area (Å²) in [4.78, 5) is 25.3. The van der Waals surface area contributed by atoms with Gasteiger partial charge in [-0.05, 0) is 33.3 Å². The first-order valence-electron chi connectivity index (χ1n) is 11.1.